The molecule has 0 aromatic carbocycles. The largest absolute Gasteiger partial charge is 0.321 e. The van der Waals surface area contributed by atoms with Crippen LogP contribution in [0.2, 0.25) is 0 Å². The highest BCUT2D eigenvalue weighted by atomic mass is 35.5. The molecule has 0 saturated carbocycles. The summed E-state index contributed by atoms with van der Waals surface area (Å²) in [5.41, 5.74) is 10.1. The van der Waals surface area contributed by atoms with E-state index in [9.17, 15) is 0 Å². The van der Waals surface area contributed by atoms with Gasteiger partial charge in [-0.05, 0) is 6.08 Å². The second-order valence-electron chi connectivity index (χ2n) is 2.20. The molecule has 1 aliphatic rings. The van der Waals surface area contributed by atoms with Crippen LogP contribution in [0.5, 0.6) is 0 Å². The lowest BCUT2D eigenvalue weighted by Crippen LogP contribution is -2.54. The minimum atomic E-state index is -1.05. The smallest absolute Gasteiger partial charge is 0.175 e. The van der Waals surface area contributed by atoms with Crippen LogP contribution in [0, 0.1) is 0 Å². The van der Waals surface area contributed by atoms with Gasteiger partial charge in [0.25, 0.3) is 0 Å². The molecule has 4 heteroatoms. The van der Waals surface area contributed by atoms with Crippen LogP contribution in [0.15, 0.2) is 24.3 Å². The van der Waals surface area contributed by atoms with Crippen molar-refractivity contribution in [2.75, 3.05) is 0 Å². The Morgan fingerprint density at radius 3 is 2.60 bits per heavy atom. The number of allylic oxidation sites excluding steroid dienone is 2. The molecule has 3 nitrogen and oxygen atoms in total. The number of hydrogen-bond acceptors (Lipinski definition) is 3. The molecule has 10 heavy (non-hydrogen) atoms. The predicted octanol–water partition coefficient (Wildman–Crippen LogP) is 0.265. The lowest BCUT2D eigenvalue weighted by atomic mass is 10.0. The van der Waals surface area contributed by atoms with E-state index in [1.54, 1.807) is 24.3 Å². The van der Waals surface area contributed by atoms with Gasteiger partial charge >= 0.3 is 0 Å². The fourth-order valence-electron chi connectivity index (χ4n) is 0.728. The molecule has 2 atom stereocenters. The van der Waals surface area contributed by atoms with E-state index in [1.165, 1.54) is 0 Å². The third kappa shape index (κ3) is 1.22. The van der Waals surface area contributed by atoms with E-state index in [0.29, 0.717) is 0 Å². The molecule has 0 saturated heterocycles. The van der Waals surface area contributed by atoms with Crippen molar-refractivity contribution >= 4 is 11.9 Å². The SMILES string of the molecule is NC1C=CC=CC1(N)OCl. The first-order valence-corrected chi connectivity index (χ1v) is 3.20. The predicted molar refractivity (Wildman–Crippen MR) is 40.1 cm³/mol. The standard InChI is InChI=1S/C6H9ClN2O/c7-10-6(9)4-2-1-3-5(6)8/h1-5H,8-9H2. The van der Waals surface area contributed by atoms with E-state index >= 15 is 0 Å². The Hall–Kier alpha value is -0.350. The molecule has 0 fully saturated rings. The number of halogens is 1. The summed E-state index contributed by atoms with van der Waals surface area (Å²) in [6, 6.07) is -0.380. The number of nitrogens with two attached hydrogens (primary N) is 2. The number of rotatable bonds is 1. The highest BCUT2D eigenvalue weighted by Crippen LogP contribution is 2.16. The van der Waals surface area contributed by atoms with Crippen LogP contribution in [-0.2, 0) is 4.29 Å². The first-order chi connectivity index (χ1) is 4.69. The molecule has 4 N–H and O–H groups in total. The second kappa shape index (κ2) is 2.72. The molecular formula is C6H9ClN2O. The Morgan fingerprint density at radius 1 is 1.50 bits per heavy atom. The van der Waals surface area contributed by atoms with Crippen molar-refractivity contribution in [3.8, 4) is 0 Å². The van der Waals surface area contributed by atoms with E-state index < -0.39 is 5.72 Å². The Kier molecular flexibility index (Phi) is 2.11. The average molecular weight is 161 g/mol. The third-order valence-electron chi connectivity index (χ3n) is 1.44. The zero-order valence-electron chi connectivity index (χ0n) is 5.33. The van der Waals surface area contributed by atoms with Gasteiger partial charge in [0.1, 0.15) is 0 Å². The lowest BCUT2D eigenvalue weighted by molar-refractivity contribution is 0.127. The van der Waals surface area contributed by atoms with Crippen molar-refractivity contribution in [2.45, 2.75) is 11.8 Å². The third-order valence-corrected chi connectivity index (χ3v) is 1.71. The van der Waals surface area contributed by atoms with Gasteiger partial charge in [0.2, 0.25) is 0 Å². The normalized spacial score (nSPS) is 38.5. The summed E-state index contributed by atoms with van der Waals surface area (Å²) in [5, 5.41) is 0. The molecule has 0 aromatic rings. The summed E-state index contributed by atoms with van der Waals surface area (Å²) >= 11 is 5.13. The van der Waals surface area contributed by atoms with Gasteiger partial charge in [-0.3, -0.25) is 10.0 Å². The maximum atomic E-state index is 5.58. The van der Waals surface area contributed by atoms with Gasteiger partial charge in [-0.15, -0.1) is 0 Å². The molecule has 0 spiro atoms. The first-order valence-electron chi connectivity index (χ1n) is 2.89. The maximum Gasteiger partial charge on any atom is 0.175 e. The van der Waals surface area contributed by atoms with Gasteiger partial charge in [-0.25, -0.2) is 0 Å². The van der Waals surface area contributed by atoms with Gasteiger partial charge in [0.15, 0.2) is 5.72 Å². The molecular weight excluding hydrogens is 152 g/mol. The molecule has 56 valence electrons. The molecule has 2 unspecified atom stereocenters. The number of hydrogen-bond donors (Lipinski definition) is 2. The summed E-state index contributed by atoms with van der Waals surface area (Å²) in [6.07, 6.45) is 6.88. The van der Waals surface area contributed by atoms with Gasteiger partial charge in [-0.1, -0.05) is 18.2 Å². The van der Waals surface area contributed by atoms with Crippen LogP contribution < -0.4 is 11.5 Å². The van der Waals surface area contributed by atoms with Crippen molar-refractivity contribution in [2.24, 2.45) is 11.5 Å². The van der Waals surface area contributed by atoms with Crippen LogP contribution in [-0.4, -0.2) is 11.8 Å². The van der Waals surface area contributed by atoms with Crippen molar-refractivity contribution < 1.29 is 4.29 Å². The van der Waals surface area contributed by atoms with Crippen molar-refractivity contribution in [3.63, 3.8) is 0 Å². The molecule has 0 aliphatic heterocycles. The zero-order valence-corrected chi connectivity index (χ0v) is 6.08. The fraction of sp³-hybridized carbons (Fsp3) is 0.333. The van der Waals surface area contributed by atoms with Crippen LogP contribution in [0.3, 0.4) is 0 Å². The van der Waals surface area contributed by atoms with E-state index in [4.69, 9.17) is 23.3 Å². The van der Waals surface area contributed by atoms with E-state index in [-0.39, 0.29) is 6.04 Å². The molecule has 0 radical (unpaired) electrons. The Morgan fingerprint density at radius 2 is 2.20 bits per heavy atom. The quantitative estimate of drug-likeness (QED) is 0.542. The molecule has 0 amide bonds. The van der Waals surface area contributed by atoms with Gasteiger partial charge in [0.05, 0.1) is 17.9 Å². The summed E-state index contributed by atoms with van der Waals surface area (Å²) in [7, 11) is 0. The summed E-state index contributed by atoms with van der Waals surface area (Å²) < 4.78 is 4.48. The highest BCUT2D eigenvalue weighted by Gasteiger charge is 2.30. The van der Waals surface area contributed by atoms with E-state index in [1.807, 2.05) is 0 Å². The van der Waals surface area contributed by atoms with Crippen LogP contribution in [0.1, 0.15) is 0 Å². The van der Waals surface area contributed by atoms with Crippen molar-refractivity contribution in [1.82, 2.24) is 0 Å². The Bertz CT molecular complexity index is 181. The van der Waals surface area contributed by atoms with Gasteiger partial charge in [0, 0.05) is 0 Å². The van der Waals surface area contributed by atoms with Gasteiger partial charge < -0.3 is 5.73 Å². The summed E-state index contributed by atoms with van der Waals surface area (Å²) in [5.74, 6) is 0. The molecule has 1 rings (SSSR count). The highest BCUT2D eigenvalue weighted by molar-refractivity contribution is 6.07. The fourth-order valence-corrected chi connectivity index (χ4v) is 0.883. The summed E-state index contributed by atoms with van der Waals surface area (Å²) in [6.45, 7) is 0. The molecule has 1 aliphatic carbocycles. The monoisotopic (exact) mass is 160 g/mol. The maximum absolute atomic E-state index is 5.58. The van der Waals surface area contributed by atoms with Gasteiger partial charge in [-0.2, -0.15) is 0 Å². The van der Waals surface area contributed by atoms with E-state index in [2.05, 4.69) is 4.29 Å². The minimum absolute atomic E-state index is 0.380. The zero-order chi connectivity index (χ0) is 7.61. The second-order valence-corrected chi connectivity index (χ2v) is 2.35. The molecule has 0 heterocycles. The average Bonchev–Trinajstić information content (AvgIpc) is 1.96. The first kappa shape index (κ1) is 7.75. The lowest BCUT2D eigenvalue weighted by Gasteiger charge is -2.28. The Balaban J connectivity index is 2.77. The Labute approximate surface area is 64.4 Å². The van der Waals surface area contributed by atoms with E-state index in [0.717, 1.165) is 0 Å². The van der Waals surface area contributed by atoms with Crippen LogP contribution >= 0.6 is 11.9 Å². The minimum Gasteiger partial charge on any atom is -0.321 e. The topological polar surface area (TPSA) is 61.3 Å². The molecule has 0 aromatic heterocycles. The van der Waals surface area contributed by atoms with Crippen LogP contribution in [0.25, 0.3) is 0 Å². The molecule has 0 bridgehead atoms. The van der Waals surface area contributed by atoms with Crippen LogP contribution in [0.4, 0.5) is 0 Å². The van der Waals surface area contributed by atoms with Crippen molar-refractivity contribution in [1.29, 1.82) is 0 Å². The summed E-state index contributed by atoms with van der Waals surface area (Å²) in [4.78, 5) is 0. The van der Waals surface area contributed by atoms with Crippen molar-refractivity contribution in [3.05, 3.63) is 24.3 Å².